The summed E-state index contributed by atoms with van der Waals surface area (Å²) in [6.45, 7) is 4.85. The third kappa shape index (κ3) is 3.44. The van der Waals surface area contributed by atoms with Crippen LogP contribution in [0.25, 0.3) is 0 Å². The van der Waals surface area contributed by atoms with Crippen LogP contribution < -0.4 is 11.1 Å². The molecule has 2 aromatic carbocycles. The fourth-order valence-electron chi connectivity index (χ4n) is 5.73. The van der Waals surface area contributed by atoms with Crippen LogP contribution in [0.3, 0.4) is 0 Å². The van der Waals surface area contributed by atoms with Gasteiger partial charge >= 0.3 is 0 Å². The SMILES string of the molecule is CC1CC2CC(C)CC(c3ccc(Nc4ccc(N)cc4)c(Cl)c3)(C1)C2. The van der Waals surface area contributed by atoms with Gasteiger partial charge in [0.05, 0.1) is 10.7 Å². The number of fused-ring (bicyclic) bond motifs is 2. The predicted molar refractivity (Wildman–Crippen MR) is 112 cm³/mol. The molecule has 2 fully saturated rings. The Morgan fingerprint density at radius 2 is 1.62 bits per heavy atom. The highest BCUT2D eigenvalue weighted by Gasteiger charge is 2.45. The second kappa shape index (κ2) is 6.81. The molecule has 4 rings (SSSR count). The van der Waals surface area contributed by atoms with Crippen LogP contribution in [0.5, 0.6) is 0 Å². The summed E-state index contributed by atoms with van der Waals surface area (Å²) in [4.78, 5) is 0. The first-order valence-corrected chi connectivity index (χ1v) is 10.2. The van der Waals surface area contributed by atoms with Crippen molar-refractivity contribution in [1.29, 1.82) is 0 Å². The van der Waals surface area contributed by atoms with E-state index in [4.69, 9.17) is 17.3 Å². The van der Waals surface area contributed by atoms with Crippen LogP contribution in [0.4, 0.5) is 17.1 Å². The summed E-state index contributed by atoms with van der Waals surface area (Å²) in [7, 11) is 0. The van der Waals surface area contributed by atoms with Gasteiger partial charge < -0.3 is 11.1 Å². The van der Waals surface area contributed by atoms with Gasteiger partial charge in [-0.05, 0) is 97.2 Å². The highest BCUT2D eigenvalue weighted by molar-refractivity contribution is 6.33. The van der Waals surface area contributed by atoms with Crippen LogP contribution in [0, 0.1) is 17.8 Å². The largest absolute Gasteiger partial charge is 0.399 e. The Bertz CT molecular complexity index is 764. The first-order chi connectivity index (χ1) is 12.4. The van der Waals surface area contributed by atoms with Crippen LogP contribution in [-0.2, 0) is 5.41 Å². The normalized spacial score (nSPS) is 30.8. The standard InChI is InChI=1S/C23H29ClN2/c1-15-9-17-10-16(2)13-23(12-15,14-17)18-3-8-22(21(24)11-18)26-20-6-4-19(25)5-7-20/h3-8,11,15-17,26H,9-10,12-14,25H2,1-2H3. The number of hydrogen-bond donors (Lipinski definition) is 2. The fraction of sp³-hybridized carbons (Fsp3) is 0.478. The summed E-state index contributed by atoms with van der Waals surface area (Å²) in [6.07, 6.45) is 6.74. The second-order valence-corrected chi connectivity index (χ2v) is 9.29. The molecule has 2 aliphatic rings. The van der Waals surface area contributed by atoms with Gasteiger partial charge in [-0.25, -0.2) is 0 Å². The maximum atomic E-state index is 6.69. The van der Waals surface area contributed by atoms with Gasteiger partial charge in [0.2, 0.25) is 0 Å². The summed E-state index contributed by atoms with van der Waals surface area (Å²) in [5, 5.41) is 4.22. The van der Waals surface area contributed by atoms with Gasteiger partial charge in [-0.1, -0.05) is 31.5 Å². The summed E-state index contributed by atoms with van der Waals surface area (Å²) in [5.74, 6) is 2.51. The van der Waals surface area contributed by atoms with Crippen molar-refractivity contribution in [2.24, 2.45) is 17.8 Å². The van der Waals surface area contributed by atoms with Crippen LogP contribution in [0.15, 0.2) is 42.5 Å². The molecule has 2 atom stereocenters. The van der Waals surface area contributed by atoms with Crippen molar-refractivity contribution in [2.75, 3.05) is 11.1 Å². The lowest BCUT2D eigenvalue weighted by Crippen LogP contribution is -2.42. The second-order valence-electron chi connectivity index (χ2n) is 8.88. The van der Waals surface area contributed by atoms with Gasteiger partial charge in [0, 0.05) is 11.4 Å². The van der Waals surface area contributed by atoms with Gasteiger partial charge in [0.1, 0.15) is 0 Å². The minimum atomic E-state index is 0.323. The number of nitrogen functional groups attached to an aromatic ring is 1. The van der Waals surface area contributed by atoms with E-state index in [9.17, 15) is 0 Å². The summed E-state index contributed by atoms with van der Waals surface area (Å²) in [5.41, 5.74) is 10.3. The maximum Gasteiger partial charge on any atom is 0.0643 e. The predicted octanol–water partition coefficient (Wildman–Crippen LogP) is 6.77. The Morgan fingerprint density at radius 1 is 0.962 bits per heavy atom. The van der Waals surface area contributed by atoms with Crippen molar-refractivity contribution in [3.63, 3.8) is 0 Å². The zero-order valence-corrected chi connectivity index (χ0v) is 16.5. The molecule has 0 aromatic heterocycles. The molecule has 0 heterocycles. The molecule has 0 saturated heterocycles. The van der Waals surface area contributed by atoms with Crippen molar-refractivity contribution in [1.82, 2.24) is 0 Å². The van der Waals surface area contributed by atoms with Crippen LogP contribution in [-0.4, -0.2) is 0 Å². The molecule has 2 bridgehead atoms. The lowest BCUT2D eigenvalue weighted by Gasteiger charge is -2.50. The molecule has 3 N–H and O–H groups in total. The number of hydrogen-bond acceptors (Lipinski definition) is 2. The maximum absolute atomic E-state index is 6.69. The molecule has 0 amide bonds. The zero-order valence-electron chi connectivity index (χ0n) is 15.8. The Kier molecular flexibility index (Phi) is 4.64. The zero-order chi connectivity index (χ0) is 18.3. The van der Waals surface area contributed by atoms with E-state index >= 15 is 0 Å². The van der Waals surface area contributed by atoms with Gasteiger partial charge in [-0.3, -0.25) is 0 Å². The molecule has 0 radical (unpaired) electrons. The monoisotopic (exact) mass is 368 g/mol. The van der Waals surface area contributed by atoms with Gasteiger partial charge in [0.25, 0.3) is 0 Å². The van der Waals surface area contributed by atoms with E-state index < -0.39 is 0 Å². The van der Waals surface area contributed by atoms with Crippen molar-refractivity contribution in [2.45, 2.75) is 51.4 Å². The van der Waals surface area contributed by atoms with E-state index in [1.807, 2.05) is 24.3 Å². The molecular formula is C23H29ClN2. The molecule has 2 saturated carbocycles. The summed E-state index contributed by atoms with van der Waals surface area (Å²) in [6, 6.07) is 14.4. The highest BCUT2D eigenvalue weighted by atomic mass is 35.5. The van der Waals surface area contributed by atoms with Gasteiger partial charge in [-0.15, -0.1) is 0 Å². The molecule has 2 aliphatic carbocycles. The Morgan fingerprint density at radius 3 is 2.23 bits per heavy atom. The number of nitrogens with two attached hydrogens (primary N) is 1. The number of anilines is 3. The molecule has 138 valence electrons. The number of nitrogens with one attached hydrogen (secondary N) is 1. The minimum Gasteiger partial charge on any atom is -0.399 e. The number of halogens is 1. The molecule has 2 nitrogen and oxygen atoms in total. The average molecular weight is 369 g/mol. The molecule has 0 spiro atoms. The molecule has 3 heteroatoms. The molecular weight excluding hydrogens is 340 g/mol. The fourth-order valence-corrected chi connectivity index (χ4v) is 5.95. The average Bonchev–Trinajstić information content (AvgIpc) is 2.57. The Balaban J connectivity index is 1.61. The van der Waals surface area contributed by atoms with E-state index in [-0.39, 0.29) is 0 Å². The number of rotatable bonds is 3. The molecule has 26 heavy (non-hydrogen) atoms. The quantitative estimate of drug-likeness (QED) is 0.586. The smallest absolute Gasteiger partial charge is 0.0643 e. The van der Waals surface area contributed by atoms with E-state index in [2.05, 4.69) is 37.4 Å². The van der Waals surface area contributed by atoms with Crippen LogP contribution in [0.1, 0.15) is 51.5 Å². The van der Waals surface area contributed by atoms with E-state index in [1.165, 1.54) is 37.7 Å². The Hall–Kier alpha value is -1.67. The van der Waals surface area contributed by atoms with Gasteiger partial charge in [0.15, 0.2) is 0 Å². The number of benzene rings is 2. The first kappa shape index (κ1) is 17.7. The Labute approximate surface area is 162 Å². The third-order valence-electron chi connectivity index (χ3n) is 6.40. The van der Waals surface area contributed by atoms with Gasteiger partial charge in [-0.2, -0.15) is 0 Å². The highest BCUT2D eigenvalue weighted by Crippen LogP contribution is 2.54. The summed E-state index contributed by atoms with van der Waals surface area (Å²) >= 11 is 6.69. The van der Waals surface area contributed by atoms with Crippen molar-refractivity contribution < 1.29 is 0 Å². The van der Waals surface area contributed by atoms with E-state index in [1.54, 1.807) is 0 Å². The van der Waals surface area contributed by atoms with Crippen LogP contribution >= 0.6 is 11.6 Å². The van der Waals surface area contributed by atoms with Crippen molar-refractivity contribution in [3.05, 3.63) is 53.1 Å². The van der Waals surface area contributed by atoms with Crippen molar-refractivity contribution >= 4 is 28.7 Å². The topological polar surface area (TPSA) is 38.0 Å². The van der Waals surface area contributed by atoms with Crippen LogP contribution in [0.2, 0.25) is 5.02 Å². The van der Waals surface area contributed by atoms with Crippen molar-refractivity contribution in [3.8, 4) is 0 Å². The first-order valence-electron chi connectivity index (χ1n) is 9.86. The molecule has 2 aromatic rings. The van der Waals surface area contributed by atoms with E-state index in [0.717, 1.165) is 39.8 Å². The molecule has 2 unspecified atom stereocenters. The lowest BCUT2D eigenvalue weighted by molar-refractivity contribution is 0.0780. The minimum absolute atomic E-state index is 0.323. The van der Waals surface area contributed by atoms with E-state index in [0.29, 0.717) is 5.41 Å². The summed E-state index contributed by atoms with van der Waals surface area (Å²) < 4.78 is 0. The third-order valence-corrected chi connectivity index (χ3v) is 6.71. The lowest BCUT2D eigenvalue weighted by atomic mass is 9.54. The molecule has 0 aliphatic heterocycles.